The number of carbonyl (C=O) groups is 2. The smallest absolute Gasteiger partial charge is 0.311 e. The van der Waals surface area contributed by atoms with Crippen LogP contribution in [-0.2, 0) is 28.5 Å². The third-order valence-electron chi connectivity index (χ3n) is 12.2. The number of carbonyl (C=O) groups excluding carboxylic acids is 1. The number of carboxylic acids is 1. The van der Waals surface area contributed by atoms with Crippen LogP contribution in [0.3, 0.4) is 0 Å². The maximum absolute atomic E-state index is 12.6. The predicted molar refractivity (Wildman–Crippen MR) is 237 cm³/mol. The third kappa shape index (κ3) is 18.9. The number of hydrogen-bond donors (Lipinski definition) is 10. The fraction of sp³-hybridized carbons (Fsp3) is 0.667. The summed E-state index contributed by atoms with van der Waals surface area (Å²) in [5.41, 5.74) is 0. The molecule has 362 valence electrons. The highest BCUT2D eigenvalue weighted by Crippen LogP contribution is 2.38. The molecule has 0 amide bonds. The maximum atomic E-state index is 12.6. The lowest BCUT2D eigenvalue weighted by Gasteiger charge is -2.45. The van der Waals surface area contributed by atoms with E-state index in [-0.39, 0.29) is 43.6 Å². The summed E-state index contributed by atoms with van der Waals surface area (Å²) >= 11 is 0. The first-order valence-electron chi connectivity index (χ1n) is 22.5. The molecule has 3 heterocycles. The second-order valence-electron chi connectivity index (χ2n) is 17.8. The Balaban J connectivity index is 1.84. The van der Waals surface area contributed by atoms with Gasteiger partial charge in [0.15, 0.2) is 12.1 Å². The predicted octanol–water partition coefficient (Wildman–Crippen LogP) is 3.05. The van der Waals surface area contributed by atoms with E-state index in [4.69, 9.17) is 18.9 Å². The Morgan fingerprint density at radius 2 is 1.22 bits per heavy atom. The number of esters is 1. The Morgan fingerprint density at radius 1 is 0.641 bits per heavy atom. The van der Waals surface area contributed by atoms with Crippen molar-refractivity contribution in [2.24, 2.45) is 23.7 Å². The van der Waals surface area contributed by atoms with E-state index in [1.165, 1.54) is 0 Å². The van der Waals surface area contributed by atoms with Crippen molar-refractivity contribution in [1.29, 1.82) is 0 Å². The first-order valence-corrected chi connectivity index (χ1v) is 22.5. The Bertz CT molecular complexity index is 1620. The monoisotopic (exact) mass is 906 g/mol. The second-order valence-corrected chi connectivity index (χ2v) is 17.8. The maximum Gasteiger partial charge on any atom is 0.311 e. The van der Waals surface area contributed by atoms with Gasteiger partial charge in [0, 0.05) is 37.5 Å². The minimum absolute atomic E-state index is 0.0430. The van der Waals surface area contributed by atoms with Gasteiger partial charge in [-0.05, 0) is 45.4 Å². The van der Waals surface area contributed by atoms with Crippen molar-refractivity contribution in [3.8, 4) is 0 Å². The molecular formula is C48H74O16. The molecule has 10 N–H and O–H groups in total. The zero-order valence-electron chi connectivity index (χ0n) is 37.7. The summed E-state index contributed by atoms with van der Waals surface area (Å²) in [7, 11) is 0. The van der Waals surface area contributed by atoms with E-state index in [2.05, 4.69) is 0 Å². The molecule has 3 rings (SSSR count). The zero-order valence-corrected chi connectivity index (χ0v) is 37.7. The number of cyclic esters (lactones) is 1. The lowest BCUT2D eigenvalue weighted by atomic mass is 9.82. The largest absolute Gasteiger partial charge is 0.481 e. The average molecular weight is 907 g/mol. The van der Waals surface area contributed by atoms with Crippen LogP contribution in [0, 0.1) is 23.7 Å². The SMILES string of the molecule is CC1CC(O)C(O[C@H]2/C=C/C=C/C=C/C=C/C=C/C=C/C=C/[C@H](C)[C@@H](O)[C@@H](C)[C@H](C)OC(=O)C[C@H](O)C[C@H](O)CC[C@@H](O)[C@H](O)C[C@H](O)C[C@]3(O)C[C@H](O)[C@@H](C(=O)O)[C@H](C2)O3)OC1C. The van der Waals surface area contributed by atoms with Crippen LogP contribution in [0.15, 0.2) is 85.1 Å². The molecule has 2 fully saturated rings. The third-order valence-corrected chi connectivity index (χ3v) is 12.2. The molecular weight excluding hydrogens is 833 g/mol. The summed E-state index contributed by atoms with van der Waals surface area (Å²) in [5, 5.41) is 108. The summed E-state index contributed by atoms with van der Waals surface area (Å²) in [4.78, 5) is 25.1. The molecule has 16 heteroatoms. The van der Waals surface area contributed by atoms with Crippen molar-refractivity contribution in [2.45, 2.75) is 178 Å². The van der Waals surface area contributed by atoms with Crippen LogP contribution in [-0.4, -0.2) is 148 Å². The molecule has 0 saturated carbocycles. The van der Waals surface area contributed by atoms with Gasteiger partial charge in [0.05, 0.1) is 67.5 Å². The van der Waals surface area contributed by atoms with Gasteiger partial charge in [0.25, 0.3) is 0 Å². The lowest BCUT2D eigenvalue weighted by molar-refractivity contribution is -0.306. The molecule has 3 aliphatic heterocycles. The van der Waals surface area contributed by atoms with Gasteiger partial charge < -0.3 is 70.0 Å². The van der Waals surface area contributed by atoms with Gasteiger partial charge in [-0.1, -0.05) is 106 Å². The van der Waals surface area contributed by atoms with Gasteiger partial charge in [-0.15, -0.1) is 0 Å². The molecule has 0 spiro atoms. The minimum atomic E-state index is -2.27. The van der Waals surface area contributed by atoms with Crippen LogP contribution >= 0.6 is 0 Å². The van der Waals surface area contributed by atoms with E-state index >= 15 is 0 Å². The first-order chi connectivity index (χ1) is 30.2. The van der Waals surface area contributed by atoms with E-state index < -0.39 is 129 Å². The van der Waals surface area contributed by atoms with Gasteiger partial charge in [0.2, 0.25) is 0 Å². The average Bonchev–Trinajstić information content (AvgIpc) is 3.19. The van der Waals surface area contributed by atoms with Crippen molar-refractivity contribution >= 4 is 11.9 Å². The molecule has 0 radical (unpaired) electrons. The quantitative estimate of drug-likeness (QED) is 0.182. The molecule has 0 aromatic carbocycles. The van der Waals surface area contributed by atoms with Gasteiger partial charge in [-0.2, -0.15) is 0 Å². The van der Waals surface area contributed by atoms with Gasteiger partial charge in [-0.25, -0.2) is 0 Å². The molecule has 18 atom stereocenters. The molecule has 0 aromatic rings. The van der Waals surface area contributed by atoms with Gasteiger partial charge in [0.1, 0.15) is 18.1 Å². The minimum Gasteiger partial charge on any atom is -0.481 e. The number of fused-ring (bicyclic) bond motifs is 2. The van der Waals surface area contributed by atoms with Gasteiger partial charge >= 0.3 is 11.9 Å². The molecule has 2 bridgehead atoms. The van der Waals surface area contributed by atoms with Crippen molar-refractivity contribution in [3.05, 3.63) is 85.1 Å². The Labute approximate surface area is 377 Å². The van der Waals surface area contributed by atoms with Crippen LogP contribution in [0.5, 0.6) is 0 Å². The molecule has 0 aliphatic carbocycles. The van der Waals surface area contributed by atoms with E-state index in [0.717, 1.165) is 0 Å². The number of rotatable bonds is 3. The number of ether oxygens (including phenoxy) is 4. The van der Waals surface area contributed by atoms with Gasteiger partial charge in [-0.3, -0.25) is 9.59 Å². The number of carboxylic acid groups (broad SMARTS) is 1. The Hall–Kier alpha value is -3.36. The molecule has 4 unspecified atom stereocenters. The second kappa shape index (κ2) is 27.3. The standard InChI is InChI=1S/C48H74O16/c1-29-18-16-14-12-10-8-6-7-9-11-13-15-17-19-37(63-47-40(54)22-30(2)32(4)62-47)26-42-44(46(58)59)41(55)28-48(60,64-42)27-36(51)24-39(53)38(52)21-20-34(49)23-35(50)25-43(56)61-33(5)31(3)45(29)57/h6-19,29-42,44-45,47,49-55,57,60H,20-28H2,1-5H3,(H,58,59)/b7-6+,10-8+,11-9+,14-12+,15-13+,18-16+,19-17+/t29-,30?,31-,32?,33-,34+,35+,36-,37-,38+,39+,40?,41-,42-,44+,45+,47?,48+/m0/s1. The van der Waals surface area contributed by atoms with E-state index in [1.54, 1.807) is 56.4 Å². The van der Waals surface area contributed by atoms with Crippen LogP contribution in [0.1, 0.15) is 92.4 Å². The van der Waals surface area contributed by atoms with Crippen LogP contribution in [0.4, 0.5) is 0 Å². The lowest BCUT2D eigenvalue weighted by Crippen LogP contribution is -2.56. The van der Waals surface area contributed by atoms with Crippen molar-refractivity contribution in [2.75, 3.05) is 0 Å². The number of hydrogen-bond acceptors (Lipinski definition) is 15. The number of aliphatic carboxylic acids is 1. The Kier molecular flexibility index (Phi) is 23.5. The first kappa shape index (κ1) is 55.0. The summed E-state index contributed by atoms with van der Waals surface area (Å²) < 4.78 is 23.6. The molecule has 64 heavy (non-hydrogen) atoms. The van der Waals surface area contributed by atoms with Crippen molar-refractivity contribution < 1.29 is 79.6 Å². The van der Waals surface area contributed by atoms with Crippen LogP contribution in [0.2, 0.25) is 0 Å². The fourth-order valence-electron chi connectivity index (χ4n) is 8.03. The number of allylic oxidation sites excluding steroid dienone is 12. The molecule has 16 nitrogen and oxygen atoms in total. The van der Waals surface area contributed by atoms with E-state index in [9.17, 15) is 60.7 Å². The summed E-state index contributed by atoms with van der Waals surface area (Å²) in [6.07, 6.45) is 7.76. The van der Waals surface area contributed by atoms with Crippen molar-refractivity contribution in [3.63, 3.8) is 0 Å². The fourth-order valence-corrected chi connectivity index (χ4v) is 8.03. The zero-order chi connectivity index (χ0) is 47.6. The normalized spacial score (nSPS) is 44.8. The number of aliphatic hydroxyl groups excluding tert-OH is 8. The summed E-state index contributed by atoms with van der Waals surface area (Å²) in [6, 6.07) is 0. The molecule has 0 aromatic heterocycles. The topological polar surface area (TPSA) is 273 Å². The summed E-state index contributed by atoms with van der Waals surface area (Å²) in [6.45, 7) is 9.03. The highest BCUT2D eigenvalue weighted by atomic mass is 16.7. The summed E-state index contributed by atoms with van der Waals surface area (Å²) in [5.74, 6) is -6.56. The van der Waals surface area contributed by atoms with Crippen LogP contribution < -0.4 is 0 Å². The van der Waals surface area contributed by atoms with E-state index in [1.807, 2.05) is 63.3 Å². The highest BCUT2D eigenvalue weighted by Gasteiger charge is 2.50. The Morgan fingerprint density at radius 3 is 1.81 bits per heavy atom. The highest BCUT2D eigenvalue weighted by molar-refractivity contribution is 5.71. The van der Waals surface area contributed by atoms with Crippen molar-refractivity contribution in [1.82, 2.24) is 0 Å². The molecule has 3 aliphatic rings. The number of aliphatic hydroxyl groups is 9. The van der Waals surface area contributed by atoms with E-state index in [0.29, 0.717) is 6.42 Å². The molecule has 2 saturated heterocycles. The van der Waals surface area contributed by atoms with Crippen LogP contribution in [0.25, 0.3) is 0 Å².